The second kappa shape index (κ2) is 10.5. The molecule has 0 radical (unpaired) electrons. The smallest absolute Gasteiger partial charge is 0.271 e. The van der Waals surface area contributed by atoms with Gasteiger partial charge in [-0.05, 0) is 57.2 Å². The van der Waals surface area contributed by atoms with E-state index in [2.05, 4.69) is 12.2 Å². The molecule has 192 valence electrons. The molecule has 2 amide bonds. The zero-order valence-corrected chi connectivity index (χ0v) is 21.7. The maximum absolute atomic E-state index is 13.9. The summed E-state index contributed by atoms with van der Waals surface area (Å²) in [6, 6.07) is 5.67. The van der Waals surface area contributed by atoms with Crippen molar-refractivity contribution in [1.82, 2.24) is 14.8 Å². The molecule has 0 unspecified atom stereocenters. The van der Waals surface area contributed by atoms with Gasteiger partial charge >= 0.3 is 0 Å². The monoisotopic (exact) mass is 485 g/mol. The molecule has 2 aromatic rings. The van der Waals surface area contributed by atoms with Gasteiger partial charge in [-0.25, -0.2) is 0 Å². The standard InChI is InChI=1S/C27H39N3O5/c1-6-35-15-9-14-30-25(31)21-16-19-22(33-4)12-13-23(34-5)24(19)29(21)17-27(30,3)26(32)28-20-11-8-7-10-18(20)2/h12-13,16,18,20H,6-11,14-15,17H2,1-5H3,(H,28,32)/t18-,20-,27+/m0/s1. The second-order valence-corrected chi connectivity index (χ2v) is 9.97. The number of hydrogen-bond acceptors (Lipinski definition) is 5. The molecule has 1 aliphatic heterocycles. The molecule has 1 N–H and O–H groups in total. The van der Waals surface area contributed by atoms with E-state index in [4.69, 9.17) is 14.2 Å². The predicted molar refractivity (Wildman–Crippen MR) is 135 cm³/mol. The van der Waals surface area contributed by atoms with Crippen LogP contribution in [0.4, 0.5) is 0 Å². The fraction of sp³-hybridized carbons (Fsp3) is 0.630. The summed E-state index contributed by atoms with van der Waals surface area (Å²) in [4.78, 5) is 29.6. The first-order chi connectivity index (χ1) is 16.8. The highest BCUT2D eigenvalue weighted by Crippen LogP contribution is 2.40. The number of hydrogen-bond donors (Lipinski definition) is 1. The van der Waals surface area contributed by atoms with Crippen molar-refractivity contribution < 1.29 is 23.8 Å². The van der Waals surface area contributed by atoms with E-state index in [0.29, 0.717) is 55.8 Å². The minimum Gasteiger partial charge on any atom is -0.496 e. The lowest BCUT2D eigenvalue weighted by Gasteiger charge is -2.45. The molecule has 1 aliphatic carbocycles. The molecule has 0 bridgehead atoms. The van der Waals surface area contributed by atoms with E-state index in [1.165, 1.54) is 6.42 Å². The largest absolute Gasteiger partial charge is 0.496 e. The molecule has 1 aromatic heterocycles. The molecule has 8 heteroatoms. The molecule has 1 fully saturated rings. The molecule has 0 saturated heterocycles. The molecule has 1 saturated carbocycles. The summed E-state index contributed by atoms with van der Waals surface area (Å²) in [7, 11) is 3.23. The van der Waals surface area contributed by atoms with Crippen molar-refractivity contribution >= 4 is 22.7 Å². The highest BCUT2D eigenvalue weighted by Gasteiger charge is 2.48. The van der Waals surface area contributed by atoms with Gasteiger partial charge in [0.2, 0.25) is 5.91 Å². The molecular weight excluding hydrogens is 446 g/mol. The number of aromatic nitrogens is 1. The van der Waals surface area contributed by atoms with Crippen molar-refractivity contribution in [2.24, 2.45) is 5.92 Å². The van der Waals surface area contributed by atoms with E-state index in [0.717, 1.165) is 30.2 Å². The predicted octanol–water partition coefficient (Wildman–Crippen LogP) is 3.99. The Morgan fingerprint density at radius 1 is 1.17 bits per heavy atom. The molecular formula is C27H39N3O5. The van der Waals surface area contributed by atoms with Crippen molar-refractivity contribution in [3.8, 4) is 11.5 Å². The molecule has 8 nitrogen and oxygen atoms in total. The average Bonchev–Trinajstić information content (AvgIpc) is 3.23. The first kappa shape index (κ1) is 25.4. The summed E-state index contributed by atoms with van der Waals surface area (Å²) in [5.41, 5.74) is 0.262. The van der Waals surface area contributed by atoms with E-state index in [1.54, 1.807) is 19.1 Å². The zero-order chi connectivity index (χ0) is 25.2. The molecule has 35 heavy (non-hydrogen) atoms. The summed E-state index contributed by atoms with van der Waals surface area (Å²) in [5.74, 6) is 1.47. The fourth-order valence-electron chi connectivity index (χ4n) is 5.63. The van der Waals surface area contributed by atoms with Crippen LogP contribution in [0.2, 0.25) is 0 Å². The minimum absolute atomic E-state index is 0.102. The Balaban J connectivity index is 1.76. The molecule has 0 spiro atoms. The Bertz CT molecular complexity index is 1080. The van der Waals surface area contributed by atoms with E-state index in [-0.39, 0.29) is 17.9 Å². The lowest BCUT2D eigenvalue weighted by molar-refractivity contribution is -0.134. The summed E-state index contributed by atoms with van der Waals surface area (Å²) < 4.78 is 18.7. The lowest BCUT2D eigenvalue weighted by atomic mass is 9.85. The van der Waals surface area contributed by atoms with Gasteiger partial charge in [-0.3, -0.25) is 9.59 Å². The highest BCUT2D eigenvalue weighted by molar-refractivity contribution is 6.05. The number of nitrogens with one attached hydrogen (secondary N) is 1. The number of carbonyl (C=O) groups is 2. The van der Waals surface area contributed by atoms with Crippen molar-refractivity contribution in [3.63, 3.8) is 0 Å². The maximum atomic E-state index is 13.9. The maximum Gasteiger partial charge on any atom is 0.271 e. The van der Waals surface area contributed by atoms with Gasteiger partial charge < -0.3 is 29.0 Å². The van der Waals surface area contributed by atoms with E-state index in [9.17, 15) is 9.59 Å². The van der Waals surface area contributed by atoms with Crippen molar-refractivity contribution in [2.75, 3.05) is 34.0 Å². The van der Waals surface area contributed by atoms with Crippen LogP contribution in [0.1, 0.15) is 63.4 Å². The first-order valence-electron chi connectivity index (χ1n) is 12.8. The Hall–Kier alpha value is -2.74. The first-order valence-corrected chi connectivity index (χ1v) is 12.8. The van der Waals surface area contributed by atoms with Crippen LogP contribution in [0.3, 0.4) is 0 Å². The number of methoxy groups -OCH3 is 2. The van der Waals surface area contributed by atoms with Crippen molar-refractivity contribution in [1.29, 1.82) is 0 Å². The van der Waals surface area contributed by atoms with Crippen LogP contribution in [0.15, 0.2) is 18.2 Å². The second-order valence-electron chi connectivity index (χ2n) is 9.97. The Morgan fingerprint density at radius 2 is 1.89 bits per heavy atom. The third-order valence-electron chi connectivity index (χ3n) is 7.74. The van der Waals surface area contributed by atoms with E-state index < -0.39 is 5.54 Å². The molecule has 1 aromatic carbocycles. The number of carbonyl (C=O) groups excluding carboxylic acids is 2. The van der Waals surface area contributed by atoms with Crippen LogP contribution >= 0.6 is 0 Å². The zero-order valence-electron chi connectivity index (χ0n) is 21.7. The highest BCUT2D eigenvalue weighted by atomic mass is 16.5. The van der Waals surface area contributed by atoms with Gasteiger partial charge in [0.05, 0.1) is 26.3 Å². The fourth-order valence-corrected chi connectivity index (χ4v) is 5.63. The number of benzene rings is 1. The van der Waals surface area contributed by atoms with Crippen LogP contribution in [0, 0.1) is 5.92 Å². The SMILES string of the molecule is CCOCCCN1C(=O)c2cc3c(OC)ccc(OC)c3n2C[C@]1(C)C(=O)N[C@H]1CCCC[C@@H]1C. The number of nitrogens with zero attached hydrogens (tertiary/aromatic N) is 2. The number of fused-ring (bicyclic) bond motifs is 3. The Labute approximate surface area is 207 Å². The van der Waals surface area contributed by atoms with Gasteiger partial charge in [-0.2, -0.15) is 0 Å². The molecule has 2 aliphatic rings. The molecule has 3 atom stereocenters. The minimum atomic E-state index is -1.05. The lowest BCUT2D eigenvalue weighted by Crippen LogP contribution is -2.65. The van der Waals surface area contributed by atoms with Crippen LogP contribution in [-0.4, -0.2) is 66.8 Å². The van der Waals surface area contributed by atoms with Gasteiger partial charge in [-0.1, -0.05) is 19.8 Å². The van der Waals surface area contributed by atoms with Crippen LogP contribution in [0.25, 0.3) is 10.9 Å². The van der Waals surface area contributed by atoms with Gasteiger partial charge in [0.25, 0.3) is 5.91 Å². The van der Waals surface area contributed by atoms with Crippen molar-refractivity contribution in [2.45, 2.75) is 71.0 Å². The normalized spacial score (nSPS) is 24.4. The summed E-state index contributed by atoms with van der Waals surface area (Å²) in [6.07, 6.45) is 5.07. The Morgan fingerprint density at radius 3 is 2.57 bits per heavy atom. The van der Waals surface area contributed by atoms with Gasteiger partial charge in [0, 0.05) is 31.2 Å². The Kier molecular flexibility index (Phi) is 7.59. The van der Waals surface area contributed by atoms with Crippen molar-refractivity contribution in [3.05, 3.63) is 23.9 Å². The van der Waals surface area contributed by atoms with Gasteiger partial charge in [0.1, 0.15) is 22.7 Å². The number of ether oxygens (including phenoxy) is 3. The summed E-state index contributed by atoms with van der Waals surface area (Å²) in [5, 5.41) is 4.12. The molecule has 2 heterocycles. The third-order valence-corrected chi connectivity index (χ3v) is 7.74. The van der Waals surface area contributed by atoms with Gasteiger partial charge in [-0.15, -0.1) is 0 Å². The summed E-state index contributed by atoms with van der Waals surface area (Å²) in [6.45, 7) is 7.99. The quantitative estimate of drug-likeness (QED) is 0.543. The third kappa shape index (κ3) is 4.60. The van der Waals surface area contributed by atoms with Crippen LogP contribution in [-0.2, 0) is 16.1 Å². The van der Waals surface area contributed by atoms with Gasteiger partial charge in [0.15, 0.2) is 0 Å². The average molecular weight is 486 g/mol. The molecule has 4 rings (SSSR count). The van der Waals surface area contributed by atoms with E-state index >= 15 is 0 Å². The van der Waals surface area contributed by atoms with E-state index in [1.807, 2.05) is 36.6 Å². The number of rotatable bonds is 9. The topological polar surface area (TPSA) is 82.0 Å². The van der Waals surface area contributed by atoms with Crippen LogP contribution in [0.5, 0.6) is 11.5 Å². The van der Waals surface area contributed by atoms with Crippen LogP contribution < -0.4 is 14.8 Å². The number of amides is 2. The summed E-state index contributed by atoms with van der Waals surface area (Å²) >= 11 is 0.